The zero-order valence-corrected chi connectivity index (χ0v) is 11.6. The van der Waals surface area contributed by atoms with Crippen molar-refractivity contribution in [3.05, 3.63) is 0 Å². The first-order chi connectivity index (χ1) is 9.58. The number of ether oxygens (including phenoxy) is 1. The van der Waals surface area contributed by atoms with Gasteiger partial charge in [0.2, 0.25) is 5.91 Å². The Balaban J connectivity index is 1.42. The van der Waals surface area contributed by atoms with Crippen molar-refractivity contribution < 1.29 is 19.4 Å². The SMILES string of the molecule is O=C(O)N1CCN(CC(=O)N2CCC3(CC2)CO3)CC1. The topological polar surface area (TPSA) is 76.6 Å². The van der Waals surface area contributed by atoms with Crippen molar-refractivity contribution in [3.8, 4) is 0 Å². The highest BCUT2D eigenvalue weighted by molar-refractivity contribution is 5.78. The van der Waals surface area contributed by atoms with Crippen molar-refractivity contribution in [2.24, 2.45) is 0 Å². The predicted molar refractivity (Wildman–Crippen MR) is 70.5 cm³/mol. The summed E-state index contributed by atoms with van der Waals surface area (Å²) in [4.78, 5) is 28.4. The Morgan fingerprint density at radius 1 is 1.00 bits per heavy atom. The van der Waals surface area contributed by atoms with Gasteiger partial charge in [-0.2, -0.15) is 0 Å². The molecule has 0 aromatic rings. The van der Waals surface area contributed by atoms with Crippen LogP contribution in [0.5, 0.6) is 0 Å². The summed E-state index contributed by atoms with van der Waals surface area (Å²) in [7, 11) is 0. The Kier molecular flexibility index (Phi) is 3.55. The Morgan fingerprint density at radius 2 is 1.60 bits per heavy atom. The molecular weight excluding hydrogens is 262 g/mol. The molecule has 1 N–H and O–H groups in total. The lowest BCUT2D eigenvalue weighted by Gasteiger charge is -2.35. The molecule has 0 atom stereocenters. The molecule has 0 aromatic heterocycles. The minimum atomic E-state index is -0.873. The average Bonchev–Trinajstić information content (AvgIpc) is 3.19. The maximum Gasteiger partial charge on any atom is 0.407 e. The maximum absolute atomic E-state index is 12.2. The lowest BCUT2D eigenvalue weighted by atomic mass is 9.98. The van der Waals surface area contributed by atoms with Gasteiger partial charge in [-0.15, -0.1) is 0 Å². The van der Waals surface area contributed by atoms with Crippen LogP contribution in [0.1, 0.15) is 12.8 Å². The molecule has 0 bridgehead atoms. The van der Waals surface area contributed by atoms with Crippen molar-refractivity contribution in [1.82, 2.24) is 14.7 Å². The van der Waals surface area contributed by atoms with Gasteiger partial charge < -0.3 is 19.6 Å². The molecule has 0 unspecified atom stereocenters. The Hall–Kier alpha value is -1.34. The van der Waals surface area contributed by atoms with E-state index in [1.165, 1.54) is 4.90 Å². The third-order valence-electron chi connectivity index (χ3n) is 4.58. The van der Waals surface area contributed by atoms with E-state index in [-0.39, 0.29) is 11.5 Å². The molecule has 0 radical (unpaired) electrons. The molecule has 112 valence electrons. The summed E-state index contributed by atoms with van der Waals surface area (Å²) in [5.74, 6) is 0.157. The molecule has 7 nitrogen and oxygen atoms in total. The van der Waals surface area contributed by atoms with E-state index in [0.29, 0.717) is 32.7 Å². The highest BCUT2D eigenvalue weighted by Gasteiger charge is 2.47. The quantitative estimate of drug-likeness (QED) is 0.703. The van der Waals surface area contributed by atoms with Gasteiger partial charge in [-0.1, -0.05) is 0 Å². The number of amides is 2. The van der Waals surface area contributed by atoms with Crippen LogP contribution in [0.4, 0.5) is 4.79 Å². The highest BCUT2D eigenvalue weighted by Crippen LogP contribution is 2.37. The molecule has 3 fully saturated rings. The number of piperidine rings is 1. The second-order valence-corrected chi connectivity index (χ2v) is 5.90. The largest absolute Gasteiger partial charge is 0.465 e. The van der Waals surface area contributed by atoms with Gasteiger partial charge in [-0.05, 0) is 12.8 Å². The van der Waals surface area contributed by atoms with Gasteiger partial charge in [0.15, 0.2) is 0 Å². The molecule has 1 spiro atoms. The molecule has 0 aromatic carbocycles. The highest BCUT2D eigenvalue weighted by atomic mass is 16.6. The van der Waals surface area contributed by atoms with E-state index in [1.807, 2.05) is 9.80 Å². The fraction of sp³-hybridized carbons (Fsp3) is 0.846. The first-order valence-corrected chi connectivity index (χ1v) is 7.20. The number of hydrogen-bond acceptors (Lipinski definition) is 4. The van der Waals surface area contributed by atoms with Gasteiger partial charge in [-0.25, -0.2) is 4.79 Å². The molecule has 7 heteroatoms. The molecule has 20 heavy (non-hydrogen) atoms. The Bertz CT molecular complexity index is 392. The molecule has 0 saturated carbocycles. The summed E-state index contributed by atoms with van der Waals surface area (Å²) < 4.78 is 5.44. The molecule has 3 aliphatic heterocycles. The first-order valence-electron chi connectivity index (χ1n) is 7.20. The van der Waals surface area contributed by atoms with Gasteiger partial charge in [0.1, 0.15) is 0 Å². The van der Waals surface area contributed by atoms with E-state index in [1.54, 1.807) is 0 Å². The Morgan fingerprint density at radius 3 is 2.10 bits per heavy atom. The monoisotopic (exact) mass is 283 g/mol. The first kappa shape index (κ1) is 13.6. The minimum Gasteiger partial charge on any atom is -0.465 e. The summed E-state index contributed by atoms with van der Waals surface area (Å²) >= 11 is 0. The van der Waals surface area contributed by atoms with Crippen LogP contribution in [0, 0.1) is 0 Å². The van der Waals surface area contributed by atoms with Crippen LogP contribution in [0.25, 0.3) is 0 Å². The van der Waals surface area contributed by atoms with Crippen LogP contribution in [0.2, 0.25) is 0 Å². The van der Waals surface area contributed by atoms with Gasteiger partial charge in [0.05, 0.1) is 18.8 Å². The lowest BCUT2D eigenvalue weighted by Crippen LogP contribution is -2.52. The van der Waals surface area contributed by atoms with Crippen molar-refractivity contribution in [3.63, 3.8) is 0 Å². The minimum absolute atomic E-state index is 0.101. The van der Waals surface area contributed by atoms with E-state index in [2.05, 4.69) is 0 Å². The number of rotatable bonds is 2. The van der Waals surface area contributed by atoms with Gasteiger partial charge in [0.25, 0.3) is 0 Å². The number of epoxide rings is 1. The van der Waals surface area contributed by atoms with Crippen LogP contribution in [-0.4, -0.2) is 89.8 Å². The second kappa shape index (κ2) is 5.21. The number of likely N-dealkylation sites (tertiary alicyclic amines) is 1. The maximum atomic E-state index is 12.2. The summed E-state index contributed by atoms with van der Waals surface area (Å²) in [6, 6.07) is 0. The summed E-state index contributed by atoms with van der Waals surface area (Å²) in [6.07, 6.45) is 1.03. The summed E-state index contributed by atoms with van der Waals surface area (Å²) in [5.41, 5.74) is 0.101. The number of carboxylic acid groups (broad SMARTS) is 1. The van der Waals surface area contributed by atoms with Crippen molar-refractivity contribution in [2.75, 3.05) is 52.4 Å². The van der Waals surface area contributed by atoms with Crippen LogP contribution >= 0.6 is 0 Å². The number of hydrogen-bond donors (Lipinski definition) is 1. The average molecular weight is 283 g/mol. The van der Waals surface area contributed by atoms with Crippen LogP contribution in [0.15, 0.2) is 0 Å². The van der Waals surface area contributed by atoms with E-state index in [4.69, 9.17) is 9.84 Å². The van der Waals surface area contributed by atoms with E-state index in [9.17, 15) is 9.59 Å². The lowest BCUT2D eigenvalue weighted by molar-refractivity contribution is -0.134. The molecule has 3 saturated heterocycles. The molecule has 3 aliphatic rings. The fourth-order valence-electron chi connectivity index (χ4n) is 2.94. The summed E-state index contributed by atoms with van der Waals surface area (Å²) in [5, 5.41) is 8.89. The van der Waals surface area contributed by atoms with Crippen LogP contribution < -0.4 is 0 Å². The molecule has 2 amide bonds. The van der Waals surface area contributed by atoms with Crippen molar-refractivity contribution in [1.29, 1.82) is 0 Å². The van der Waals surface area contributed by atoms with Crippen LogP contribution in [-0.2, 0) is 9.53 Å². The van der Waals surface area contributed by atoms with Gasteiger partial charge in [-0.3, -0.25) is 9.69 Å². The molecular formula is C13H21N3O4. The smallest absolute Gasteiger partial charge is 0.407 e. The van der Waals surface area contributed by atoms with E-state index < -0.39 is 6.09 Å². The van der Waals surface area contributed by atoms with Gasteiger partial charge >= 0.3 is 6.09 Å². The van der Waals surface area contributed by atoms with E-state index >= 15 is 0 Å². The number of nitrogens with zero attached hydrogens (tertiary/aromatic N) is 3. The molecule has 3 heterocycles. The van der Waals surface area contributed by atoms with E-state index in [0.717, 1.165) is 32.5 Å². The predicted octanol–water partition coefficient (Wildman–Crippen LogP) is -0.327. The van der Waals surface area contributed by atoms with Gasteiger partial charge in [0, 0.05) is 39.3 Å². The normalized spacial score (nSPS) is 25.8. The second-order valence-electron chi connectivity index (χ2n) is 5.90. The number of carbonyl (C=O) groups excluding carboxylic acids is 1. The zero-order valence-electron chi connectivity index (χ0n) is 11.6. The number of piperazine rings is 1. The number of carbonyl (C=O) groups is 2. The van der Waals surface area contributed by atoms with Crippen molar-refractivity contribution >= 4 is 12.0 Å². The third-order valence-corrected chi connectivity index (χ3v) is 4.58. The standard InChI is InChI=1S/C13H21N3O4/c17-11(15-3-1-13(2-4-15)10-20-13)9-14-5-7-16(8-6-14)12(18)19/h1-10H2,(H,18,19). The zero-order chi connectivity index (χ0) is 14.2. The summed E-state index contributed by atoms with van der Waals surface area (Å²) in [6.45, 7) is 5.08. The molecule has 3 rings (SSSR count). The van der Waals surface area contributed by atoms with Crippen LogP contribution in [0.3, 0.4) is 0 Å². The third kappa shape index (κ3) is 2.88. The molecule has 0 aliphatic carbocycles. The Labute approximate surface area is 118 Å². The fourth-order valence-corrected chi connectivity index (χ4v) is 2.94. The van der Waals surface area contributed by atoms with Crippen molar-refractivity contribution in [2.45, 2.75) is 18.4 Å².